The average molecular weight is 405 g/mol. The third-order valence-electron chi connectivity index (χ3n) is 3.74. The predicted octanol–water partition coefficient (Wildman–Crippen LogP) is 5.62. The van der Waals surface area contributed by atoms with E-state index in [1.807, 2.05) is 30.3 Å². The van der Waals surface area contributed by atoms with Crippen LogP contribution in [0.25, 0.3) is 26.9 Å². The van der Waals surface area contributed by atoms with Gasteiger partial charge >= 0.3 is 0 Å². The van der Waals surface area contributed by atoms with Gasteiger partial charge in [-0.1, -0.05) is 41.5 Å². The standard InChI is InChI=1S/C18H14Cl2N4OS/c1-2-9-25-13-6-3-11(4-7-13)17-23-24-16(21-22-18(24)26-17)14-8-5-12(19)10-15(14)20/h3-8,10H,2,9H2,1H3. The van der Waals surface area contributed by atoms with Crippen molar-refractivity contribution in [1.82, 2.24) is 19.8 Å². The van der Waals surface area contributed by atoms with Gasteiger partial charge in [-0.2, -0.15) is 9.61 Å². The third kappa shape index (κ3) is 3.28. The Hall–Kier alpha value is -2.15. The molecule has 2 heterocycles. The molecule has 5 nitrogen and oxygen atoms in total. The molecule has 2 aromatic carbocycles. The van der Waals surface area contributed by atoms with Crippen LogP contribution in [0.1, 0.15) is 13.3 Å². The summed E-state index contributed by atoms with van der Waals surface area (Å²) in [7, 11) is 0. The van der Waals surface area contributed by atoms with E-state index in [2.05, 4.69) is 22.2 Å². The van der Waals surface area contributed by atoms with Gasteiger partial charge in [0.1, 0.15) is 10.8 Å². The molecule has 0 unspecified atom stereocenters. The van der Waals surface area contributed by atoms with E-state index < -0.39 is 0 Å². The smallest absolute Gasteiger partial charge is 0.235 e. The van der Waals surface area contributed by atoms with Crippen LogP contribution < -0.4 is 4.74 Å². The first-order chi connectivity index (χ1) is 12.7. The van der Waals surface area contributed by atoms with Gasteiger partial charge in [-0.15, -0.1) is 10.2 Å². The van der Waals surface area contributed by atoms with Crippen LogP contribution in [-0.4, -0.2) is 26.4 Å². The van der Waals surface area contributed by atoms with Crippen LogP contribution in [0, 0.1) is 0 Å². The number of rotatable bonds is 5. The van der Waals surface area contributed by atoms with E-state index in [9.17, 15) is 0 Å². The summed E-state index contributed by atoms with van der Waals surface area (Å²) in [6.45, 7) is 2.79. The van der Waals surface area contributed by atoms with Crippen molar-refractivity contribution >= 4 is 39.5 Å². The number of nitrogens with zero attached hydrogens (tertiary/aromatic N) is 4. The monoisotopic (exact) mass is 404 g/mol. The van der Waals surface area contributed by atoms with Crippen molar-refractivity contribution in [3.05, 3.63) is 52.5 Å². The highest BCUT2D eigenvalue weighted by Crippen LogP contribution is 2.32. The van der Waals surface area contributed by atoms with Crippen LogP contribution in [0.4, 0.5) is 0 Å². The van der Waals surface area contributed by atoms with Crippen molar-refractivity contribution in [2.24, 2.45) is 0 Å². The number of halogens is 2. The summed E-state index contributed by atoms with van der Waals surface area (Å²) in [4.78, 5) is 0.701. The number of fused-ring (bicyclic) bond motifs is 1. The van der Waals surface area contributed by atoms with Crippen molar-refractivity contribution in [3.63, 3.8) is 0 Å². The molecule has 4 rings (SSSR count). The van der Waals surface area contributed by atoms with E-state index in [1.165, 1.54) is 11.3 Å². The summed E-state index contributed by atoms with van der Waals surface area (Å²) in [5.41, 5.74) is 1.74. The Morgan fingerprint density at radius 2 is 1.88 bits per heavy atom. The maximum Gasteiger partial charge on any atom is 0.235 e. The molecule has 0 amide bonds. The highest BCUT2D eigenvalue weighted by atomic mass is 35.5. The molecule has 8 heteroatoms. The van der Waals surface area contributed by atoms with Gasteiger partial charge in [0, 0.05) is 16.1 Å². The second-order valence-electron chi connectivity index (χ2n) is 5.62. The van der Waals surface area contributed by atoms with E-state index in [0.717, 1.165) is 28.3 Å². The SMILES string of the molecule is CCCOc1ccc(-c2nn3c(-c4ccc(Cl)cc4Cl)nnc3s2)cc1. The summed E-state index contributed by atoms with van der Waals surface area (Å²) in [6, 6.07) is 13.2. The summed E-state index contributed by atoms with van der Waals surface area (Å²) >= 11 is 13.7. The fraction of sp³-hybridized carbons (Fsp3) is 0.167. The highest BCUT2D eigenvalue weighted by Gasteiger charge is 2.16. The average Bonchev–Trinajstić information content (AvgIpc) is 3.22. The molecule has 0 bridgehead atoms. The summed E-state index contributed by atoms with van der Waals surface area (Å²) < 4.78 is 7.32. The van der Waals surface area contributed by atoms with Gasteiger partial charge in [-0.25, -0.2) is 0 Å². The molecule has 0 aliphatic rings. The molecule has 0 saturated heterocycles. The quantitative estimate of drug-likeness (QED) is 0.433. The van der Waals surface area contributed by atoms with Crippen LogP contribution >= 0.6 is 34.5 Å². The van der Waals surface area contributed by atoms with Gasteiger partial charge in [0.2, 0.25) is 4.96 Å². The van der Waals surface area contributed by atoms with E-state index in [1.54, 1.807) is 16.6 Å². The van der Waals surface area contributed by atoms with Crippen LogP contribution in [0.3, 0.4) is 0 Å². The lowest BCUT2D eigenvalue weighted by Crippen LogP contribution is -1.94. The Labute approximate surface area is 164 Å². The van der Waals surface area contributed by atoms with Gasteiger partial charge in [0.25, 0.3) is 0 Å². The molecule has 0 atom stereocenters. The Kier molecular flexibility index (Phi) is 4.80. The van der Waals surface area contributed by atoms with Crippen molar-refractivity contribution < 1.29 is 4.74 Å². The first-order valence-electron chi connectivity index (χ1n) is 8.06. The Balaban J connectivity index is 1.69. The van der Waals surface area contributed by atoms with E-state index in [4.69, 9.17) is 27.9 Å². The molecular formula is C18H14Cl2N4OS. The molecule has 0 spiro atoms. The van der Waals surface area contributed by atoms with E-state index in [0.29, 0.717) is 27.4 Å². The topological polar surface area (TPSA) is 52.3 Å². The second-order valence-corrected chi connectivity index (χ2v) is 7.42. The van der Waals surface area contributed by atoms with Crippen LogP contribution in [-0.2, 0) is 0 Å². The Bertz CT molecular complexity index is 1060. The molecule has 0 N–H and O–H groups in total. The maximum atomic E-state index is 6.30. The predicted molar refractivity (Wildman–Crippen MR) is 105 cm³/mol. The maximum absolute atomic E-state index is 6.30. The zero-order valence-corrected chi connectivity index (χ0v) is 16.1. The van der Waals surface area contributed by atoms with E-state index in [-0.39, 0.29) is 0 Å². The number of hydrogen-bond donors (Lipinski definition) is 0. The third-order valence-corrected chi connectivity index (χ3v) is 5.23. The van der Waals surface area contributed by atoms with Gasteiger partial charge in [-0.3, -0.25) is 0 Å². The van der Waals surface area contributed by atoms with Crippen molar-refractivity contribution in [3.8, 4) is 27.7 Å². The molecule has 0 aliphatic heterocycles. The summed E-state index contributed by atoms with van der Waals surface area (Å²) in [6.07, 6.45) is 0.981. The number of hydrogen-bond acceptors (Lipinski definition) is 5. The molecular weight excluding hydrogens is 391 g/mol. The number of benzene rings is 2. The van der Waals surface area contributed by atoms with Gasteiger partial charge in [0.05, 0.1) is 11.6 Å². The fourth-order valence-electron chi connectivity index (χ4n) is 2.49. The molecule has 4 aromatic rings. The molecule has 0 radical (unpaired) electrons. The number of aromatic nitrogens is 4. The highest BCUT2D eigenvalue weighted by molar-refractivity contribution is 7.19. The molecule has 0 aliphatic carbocycles. The molecule has 0 saturated carbocycles. The minimum absolute atomic E-state index is 0.513. The lowest BCUT2D eigenvalue weighted by molar-refractivity contribution is 0.317. The first-order valence-corrected chi connectivity index (χ1v) is 9.64. The van der Waals surface area contributed by atoms with Gasteiger partial charge in [-0.05, 0) is 48.9 Å². The molecule has 0 fully saturated rings. The van der Waals surface area contributed by atoms with Crippen LogP contribution in [0.5, 0.6) is 5.75 Å². The molecule has 26 heavy (non-hydrogen) atoms. The largest absolute Gasteiger partial charge is 0.494 e. The minimum atomic E-state index is 0.513. The summed E-state index contributed by atoms with van der Waals surface area (Å²) in [5.74, 6) is 1.44. The lowest BCUT2D eigenvalue weighted by atomic mass is 10.2. The van der Waals surface area contributed by atoms with E-state index >= 15 is 0 Å². The minimum Gasteiger partial charge on any atom is -0.494 e. The van der Waals surface area contributed by atoms with Crippen molar-refractivity contribution in [2.75, 3.05) is 6.61 Å². The molecule has 132 valence electrons. The normalized spacial score (nSPS) is 11.2. The Morgan fingerprint density at radius 3 is 2.62 bits per heavy atom. The number of ether oxygens (including phenoxy) is 1. The Morgan fingerprint density at radius 1 is 1.08 bits per heavy atom. The van der Waals surface area contributed by atoms with Crippen molar-refractivity contribution in [2.45, 2.75) is 13.3 Å². The zero-order chi connectivity index (χ0) is 18.1. The van der Waals surface area contributed by atoms with Crippen LogP contribution in [0.2, 0.25) is 10.0 Å². The second kappa shape index (κ2) is 7.23. The molecule has 2 aromatic heterocycles. The van der Waals surface area contributed by atoms with Crippen molar-refractivity contribution in [1.29, 1.82) is 0 Å². The lowest BCUT2D eigenvalue weighted by Gasteiger charge is -2.04. The van der Waals surface area contributed by atoms with Gasteiger partial charge < -0.3 is 4.74 Å². The summed E-state index contributed by atoms with van der Waals surface area (Å²) in [5, 5.41) is 15.0. The fourth-order valence-corrected chi connectivity index (χ4v) is 3.82. The zero-order valence-electron chi connectivity index (χ0n) is 13.8. The first kappa shape index (κ1) is 17.3. The van der Waals surface area contributed by atoms with Crippen LogP contribution in [0.15, 0.2) is 42.5 Å². The van der Waals surface area contributed by atoms with Gasteiger partial charge in [0.15, 0.2) is 5.82 Å².